The first-order valence-electron chi connectivity index (χ1n) is 7.40. The lowest BCUT2D eigenvalue weighted by molar-refractivity contribution is 0.283. The Kier molecular flexibility index (Phi) is 6.25. The number of hydrogen-bond donors (Lipinski definition) is 2. The number of methoxy groups -OCH3 is 1. The van der Waals surface area contributed by atoms with Gasteiger partial charge in [0.2, 0.25) is 0 Å². The van der Waals surface area contributed by atoms with Crippen molar-refractivity contribution in [3.8, 4) is 11.5 Å². The van der Waals surface area contributed by atoms with Crippen molar-refractivity contribution in [2.75, 3.05) is 20.3 Å². The first kappa shape index (κ1) is 16.3. The van der Waals surface area contributed by atoms with Crippen molar-refractivity contribution in [1.82, 2.24) is 5.32 Å². The van der Waals surface area contributed by atoms with Gasteiger partial charge in [-0.15, -0.1) is 0 Å². The lowest BCUT2D eigenvalue weighted by Crippen LogP contribution is -2.17. The van der Waals surface area contributed by atoms with Gasteiger partial charge < -0.3 is 19.9 Å². The van der Waals surface area contributed by atoms with Crippen LogP contribution in [-0.4, -0.2) is 25.4 Å². The molecule has 0 aliphatic carbocycles. The average Bonchev–Trinajstić information content (AvgIpc) is 2.55. The fourth-order valence-corrected chi connectivity index (χ4v) is 2.18. The third-order valence-corrected chi connectivity index (χ3v) is 3.49. The number of aryl methyl sites for hydroxylation is 1. The summed E-state index contributed by atoms with van der Waals surface area (Å²) in [6, 6.07) is 14.1. The van der Waals surface area contributed by atoms with Crippen LogP contribution < -0.4 is 14.8 Å². The number of ether oxygens (including phenoxy) is 2. The van der Waals surface area contributed by atoms with E-state index in [1.165, 1.54) is 11.1 Å². The van der Waals surface area contributed by atoms with Crippen LogP contribution >= 0.6 is 0 Å². The van der Waals surface area contributed by atoms with Crippen LogP contribution in [0.15, 0.2) is 42.5 Å². The Labute approximate surface area is 131 Å². The van der Waals surface area contributed by atoms with Gasteiger partial charge in [0, 0.05) is 13.1 Å². The molecule has 0 aliphatic heterocycles. The maximum Gasteiger partial charge on any atom is 0.161 e. The fraction of sp³-hybridized carbons (Fsp3) is 0.333. The molecule has 0 radical (unpaired) electrons. The van der Waals surface area contributed by atoms with Crippen LogP contribution in [0.3, 0.4) is 0 Å². The minimum atomic E-state index is 0.134. The van der Waals surface area contributed by atoms with Gasteiger partial charge in [0.1, 0.15) is 6.61 Å². The first-order valence-corrected chi connectivity index (χ1v) is 7.40. The predicted molar refractivity (Wildman–Crippen MR) is 87.3 cm³/mol. The molecule has 4 heteroatoms. The minimum Gasteiger partial charge on any atom is -0.493 e. The zero-order chi connectivity index (χ0) is 15.8. The molecular formula is C18H23NO3. The van der Waals surface area contributed by atoms with Gasteiger partial charge in [-0.1, -0.05) is 30.3 Å². The molecule has 0 heterocycles. The minimum absolute atomic E-state index is 0.134. The molecule has 2 aromatic rings. The predicted octanol–water partition coefficient (Wildman–Crippen LogP) is 2.66. The van der Waals surface area contributed by atoms with Crippen LogP contribution in [0.4, 0.5) is 0 Å². The Hall–Kier alpha value is -2.04. The second-order valence-corrected chi connectivity index (χ2v) is 5.10. The molecule has 2 N–H and O–H groups in total. The van der Waals surface area contributed by atoms with Crippen molar-refractivity contribution >= 4 is 0 Å². The van der Waals surface area contributed by atoms with Crippen molar-refractivity contribution in [1.29, 1.82) is 0 Å². The second-order valence-electron chi connectivity index (χ2n) is 5.10. The standard InChI is InChI=1S/C18H23NO3/c1-14-5-3-4-6-16(14)13-22-17-8-7-15(11-18(17)21-2)12-19-9-10-20/h3-8,11,19-20H,9-10,12-13H2,1-2H3. The molecule has 0 amide bonds. The van der Waals surface area contributed by atoms with Gasteiger partial charge in [-0.05, 0) is 35.7 Å². The van der Waals surface area contributed by atoms with E-state index >= 15 is 0 Å². The third kappa shape index (κ3) is 4.48. The maximum atomic E-state index is 8.78. The summed E-state index contributed by atoms with van der Waals surface area (Å²) in [5, 5.41) is 11.9. The van der Waals surface area contributed by atoms with E-state index in [1.807, 2.05) is 30.3 Å². The van der Waals surface area contributed by atoms with Crippen molar-refractivity contribution in [3.63, 3.8) is 0 Å². The van der Waals surface area contributed by atoms with Gasteiger partial charge in [0.15, 0.2) is 11.5 Å². The van der Waals surface area contributed by atoms with Crippen molar-refractivity contribution in [2.45, 2.75) is 20.1 Å². The van der Waals surface area contributed by atoms with E-state index in [0.29, 0.717) is 19.7 Å². The average molecular weight is 301 g/mol. The van der Waals surface area contributed by atoms with Crippen LogP contribution in [0, 0.1) is 6.92 Å². The highest BCUT2D eigenvalue weighted by molar-refractivity contribution is 5.43. The number of nitrogens with one attached hydrogen (secondary N) is 1. The van der Waals surface area contributed by atoms with Gasteiger partial charge in [0.25, 0.3) is 0 Å². The topological polar surface area (TPSA) is 50.7 Å². The molecule has 118 valence electrons. The van der Waals surface area contributed by atoms with Gasteiger partial charge >= 0.3 is 0 Å². The van der Waals surface area contributed by atoms with Crippen molar-refractivity contribution in [3.05, 3.63) is 59.2 Å². The van der Waals surface area contributed by atoms with Gasteiger partial charge in [-0.3, -0.25) is 0 Å². The summed E-state index contributed by atoms with van der Waals surface area (Å²) < 4.78 is 11.3. The molecule has 0 bridgehead atoms. The molecular weight excluding hydrogens is 278 g/mol. The van der Waals surface area contributed by atoms with Crippen LogP contribution in [0.25, 0.3) is 0 Å². The lowest BCUT2D eigenvalue weighted by Gasteiger charge is -2.13. The van der Waals surface area contributed by atoms with Crippen LogP contribution in [0.5, 0.6) is 11.5 Å². The molecule has 22 heavy (non-hydrogen) atoms. The summed E-state index contributed by atoms with van der Waals surface area (Å²) >= 11 is 0. The highest BCUT2D eigenvalue weighted by Crippen LogP contribution is 2.29. The summed E-state index contributed by atoms with van der Waals surface area (Å²) in [5.74, 6) is 1.45. The summed E-state index contributed by atoms with van der Waals surface area (Å²) in [6.07, 6.45) is 0. The Balaban J connectivity index is 2.03. The van der Waals surface area contributed by atoms with Crippen molar-refractivity contribution < 1.29 is 14.6 Å². The maximum absolute atomic E-state index is 8.78. The van der Waals surface area contributed by atoms with E-state index in [9.17, 15) is 0 Å². The molecule has 0 saturated heterocycles. The third-order valence-electron chi connectivity index (χ3n) is 3.49. The molecule has 2 aromatic carbocycles. The number of aliphatic hydroxyl groups is 1. The number of hydrogen-bond acceptors (Lipinski definition) is 4. The highest BCUT2D eigenvalue weighted by atomic mass is 16.5. The quantitative estimate of drug-likeness (QED) is 0.736. The van der Waals surface area contributed by atoms with Gasteiger partial charge in [-0.25, -0.2) is 0 Å². The Morgan fingerprint density at radius 2 is 1.91 bits per heavy atom. The number of benzene rings is 2. The van der Waals surface area contributed by atoms with Gasteiger partial charge in [0.05, 0.1) is 13.7 Å². The highest BCUT2D eigenvalue weighted by Gasteiger charge is 2.07. The van der Waals surface area contributed by atoms with E-state index in [1.54, 1.807) is 7.11 Å². The molecule has 0 aliphatic rings. The van der Waals surface area contributed by atoms with E-state index in [4.69, 9.17) is 14.6 Å². The SMILES string of the molecule is COc1cc(CNCCO)ccc1OCc1ccccc1C. The fourth-order valence-electron chi connectivity index (χ4n) is 2.18. The monoisotopic (exact) mass is 301 g/mol. The van der Waals surface area contributed by atoms with Crippen LogP contribution in [0.1, 0.15) is 16.7 Å². The van der Waals surface area contributed by atoms with Gasteiger partial charge in [-0.2, -0.15) is 0 Å². The smallest absolute Gasteiger partial charge is 0.161 e. The lowest BCUT2D eigenvalue weighted by atomic mass is 10.1. The second kappa shape index (κ2) is 8.41. The summed E-state index contributed by atoms with van der Waals surface area (Å²) in [7, 11) is 1.64. The first-order chi connectivity index (χ1) is 10.7. The Morgan fingerprint density at radius 1 is 1.09 bits per heavy atom. The van der Waals surface area contributed by atoms with Crippen molar-refractivity contribution in [2.24, 2.45) is 0 Å². The molecule has 0 spiro atoms. The van der Waals surface area contributed by atoms with E-state index in [-0.39, 0.29) is 6.61 Å². The normalized spacial score (nSPS) is 10.5. The summed E-state index contributed by atoms with van der Waals surface area (Å²) in [6.45, 7) is 3.99. The largest absolute Gasteiger partial charge is 0.493 e. The zero-order valence-corrected chi connectivity index (χ0v) is 13.1. The Morgan fingerprint density at radius 3 is 2.64 bits per heavy atom. The van der Waals surface area contributed by atoms with E-state index in [0.717, 1.165) is 17.1 Å². The van der Waals surface area contributed by atoms with Crippen LogP contribution in [0.2, 0.25) is 0 Å². The molecule has 0 aromatic heterocycles. The molecule has 0 unspecified atom stereocenters. The molecule has 0 atom stereocenters. The summed E-state index contributed by atoms with van der Waals surface area (Å²) in [4.78, 5) is 0. The zero-order valence-electron chi connectivity index (χ0n) is 13.1. The summed E-state index contributed by atoms with van der Waals surface area (Å²) in [5.41, 5.74) is 3.47. The molecule has 0 saturated carbocycles. The van der Waals surface area contributed by atoms with E-state index in [2.05, 4.69) is 24.4 Å². The molecule has 2 rings (SSSR count). The number of rotatable bonds is 8. The molecule has 4 nitrogen and oxygen atoms in total. The molecule has 0 fully saturated rings. The van der Waals surface area contributed by atoms with E-state index < -0.39 is 0 Å². The number of aliphatic hydroxyl groups excluding tert-OH is 1. The Bertz CT molecular complexity index is 599. The van der Waals surface area contributed by atoms with Crippen LogP contribution in [-0.2, 0) is 13.2 Å².